The molecule has 0 radical (unpaired) electrons. The van der Waals surface area contributed by atoms with E-state index in [1.165, 1.54) is 6.92 Å². The summed E-state index contributed by atoms with van der Waals surface area (Å²) in [6, 6.07) is 0. The second-order valence-corrected chi connectivity index (χ2v) is 6.83. The Balaban J connectivity index is 2.31. The van der Waals surface area contributed by atoms with Crippen molar-refractivity contribution in [2.24, 2.45) is 11.8 Å². The van der Waals surface area contributed by atoms with Gasteiger partial charge in [-0.3, -0.25) is 4.79 Å². The first kappa shape index (κ1) is 16.1. The number of fused-ring (bicyclic) bond motifs is 1. The summed E-state index contributed by atoms with van der Waals surface area (Å²) in [5, 5.41) is 10.9. The Morgan fingerprint density at radius 1 is 1.38 bits per heavy atom. The van der Waals surface area contributed by atoms with Crippen LogP contribution in [0.15, 0.2) is 23.5 Å². The summed E-state index contributed by atoms with van der Waals surface area (Å²) >= 11 is 0. The average molecular weight is 294 g/mol. The number of hydrogen-bond donors (Lipinski definition) is 1. The highest BCUT2D eigenvalue weighted by atomic mass is 16.6. The van der Waals surface area contributed by atoms with Gasteiger partial charge < -0.3 is 14.6 Å². The second kappa shape index (κ2) is 5.84. The van der Waals surface area contributed by atoms with Crippen LogP contribution < -0.4 is 0 Å². The van der Waals surface area contributed by atoms with Crippen molar-refractivity contribution in [3.8, 4) is 0 Å². The molecule has 1 saturated heterocycles. The fourth-order valence-corrected chi connectivity index (χ4v) is 3.50. The van der Waals surface area contributed by atoms with Crippen molar-refractivity contribution in [1.29, 1.82) is 0 Å². The molecule has 4 heteroatoms. The Morgan fingerprint density at radius 2 is 2.05 bits per heavy atom. The number of rotatable bonds is 2. The molecule has 0 aromatic rings. The third-order valence-electron chi connectivity index (χ3n) is 4.38. The van der Waals surface area contributed by atoms with E-state index in [9.17, 15) is 9.90 Å². The predicted octanol–water partition coefficient (Wildman–Crippen LogP) is 2.96. The lowest BCUT2D eigenvalue weighted by Gasteiger charge is -2.38. The lowest BCUT2D eigenvalue weighted by atomic mass is 9.72. The van der Waals surface area contributed by atoms with Gasteiger partial charge in [0.25, 0.3) is 0 Å². The Hall–Kier alpha value is -1.29. The van der Waals surface area contributed by atoms with Gasteiger partial charge in [0.05, 0.1) is 5.92 Å². The Bertz CT molecular complexity index is 471. The molecule has 1 heterocycles. The summed E-state index contributed by atoms with van der Waals surface area (Å²) < 4.78 is 11.5. The zero-order valence-electron chi connectivity index (χ0n) is 13.6. The van der Waals surface area contributed by atoms with Crippen LogP contribution in [0.4, 0.5) is 0 Å². The van der Waals surface area contributed by atoms with Gasteiger partial charge in [-0.1, -0.05) is 18.6 Å². The molecule has 0 amide bonds. The smallest absolute Gasteiger partial charge is 0.302 e. The number of aliphatic hydroxyl groups is 1. The highest BCUT2D eigenvalue weighted by Crippen LogP contribution is 2.48. The van der Waals surface area contributed by atoms with E-state index >= 15 is 0 Å². The third kappa shape index (κ3) is 3.31. The maximum Gasteiger partial charge on any atom is 0.302 e. The molecule has 1 saturated carbocycles. The van der Waals surface area contributed by atoms with E-state index in [2.05, 4.69) is 6.92 Å². The van der Waals surface area contributed by atoms with Gasteiger partial charge in [-0.2, -0.15) is 0 Å². The van der Waals surface area contributed by atoms with E-state index in [-0.39, 0.29) is 24.1 Å². The highest BCUT2D eigenvalue weighted by molar-refractivity contribution is 5.66. The molecule has 4 nitrogen and oxygen atoms in total. The quantitative estimate of drug-likeness (QED) is 0.796. The summed E-state index contributed by atoms with van der Waals surface area (Å²) in [5.41, 5.74) is 0.0401. The molecular formula is C17H26O4. The van der Waals surface area contributed by atoms with Crippen LogP contribution in [0.2, 0.25) is 0 Å². The van der Waals surface area contributed by atoms with Gasteiger partial charge in [0.1, 0.15) is 23.6 Å². The van der Waals surface area contributed by atoms with Crippen LogP contribution in [0.1, 0.15) is 47.5 Å². The first-order valence-corrected chi connectivity index (χ1v) is 7.63. The predicted molar refractivity (Wildman–Crippen MR) is 80.5 cm³/mol. The van der Waals surface area contributed by atoms with Crippen LogP contribution in [0.25, 0.3) is 0 Å². The monoisotopic (exact) mass is 294 g/mol. The topological polar surface area (TPSA) is 55.8 Å². The lowest BCUT2D eigenvalue weighted by Crippen LogP contribution is -2.48. The first-order chi connectivity index (χ1) is 9.71. The fraction of sp³-hybridized carbons (Fsp3) is 0.706. The van der Waals surface area contributed by atoms with Crippen molar-refractivity contribution in [3.63, 3.8) is 0 Å². The summed E-state index contributed by atoms with van der Waals surface area (Å²) in [6.45, 7) is 9.30. The van der Waals surface area contributed by atoms with E-state index in [1.807, 2.05) is 26.0 Å². The van der Waals surface area contributed by atoms with E-state index in [4.69, 9.17) is 9.47 Å². The van der Waals surface area contributed by atoms with Crippen LogP contribution in [-0.2, 0) is 14.3 Å². The maximum atomic E-state index is 11.3. The minimum absolute atomic E-state index is 0.0927. The van der Waals surface area contributed by atoms with Crippen LogP contribution in [0, 0.1) is 11.8 Å². The van der Waals surface area contributed by atoms with Crippen LogP contribution in [0.3, 0.4) is 0 Å². The Morgan fingerprint density at radius 3 is 2.62 bits per heavy atom. The largest absolute Gasteiger partial charge is 0.491 e. The van der Waals surface area contributed by atoms with Gasteiger partial charge in [-0.15, -0.1) is 0 Å². The molecule has 21 heavy (non-hydrogen) atoms. The van der Waals surface area contributed by atoms with E-state index in [1.54, 1.807) is 6.92 Å². The van der Waals surface area contributed by atoms with Gasteiger partial charge in [0.2, 0.25) is 0 Å². The first-order valence-electron chi connectivity index (χ1n) is 7.63. The molecule has 0 spiro atoms. The van der Waals surface area contributed by atoms with Crippen molar-refractivity contribution in [2.75, 3.05) is 0 Å². The number of ether oxygens (including phenoxy) is 2. The molecule has 2 rings (SSSR count). The molecule has 1 aliphatic heterocycles. The number of hydrogen-bond acceptors (Lipinski definition) is 4. The maximum absolute atomic E-state index is 11.3. The zero-order valence-corrected chi connectivity index (χ0v) is 13.6. The van der Waals surface area contributed by atoms with E-state index < -0.39 is 5.60 Å². The van der Waals surface area contributed by atoms with Crippen molar-refractivity contribution >= 4 is 5.97 Å². The van der Waals surface area contributed by atoms with Crippen LogP contribution >= 0.6 is 0 Å². The summed E-state index contributed by atoms with van der Waals surface area (Å²) in [6.07, 6.45) is 5.05. The van der Waals surface area contributed by atoms with Gasteiger partial charge in [-0.05, 0) is 45.6 Å². The number of esters is 1. The molecule has 0 bridgehead atoms. The standard InChI is InChI=1S/C17H26O4/c1-10(2)6-7-15-17(5,19)16-13(20-12(4)18)8-11(3)9-14(16)21-15/h6-7,11,13-14,16,19H,8-9H2,1-5H3/b15-7-/t11-,13+,14+,16-,17+/m1/s1. The van der Waals surface area contributed by atoms with Gasteiger partial charge >= 0.3 is 5.97 Å². The van der Waals surface area contributed by atoms with Crippen molar-refractivity contribution < 1.29 is 19.4 Å². The molecule has 0 aromatic heterocycles. The highest BCUT2D eigenvalue weighted by Gasteiger charge is 2.56. The Kier molecular flexibility index (Phi) is 4.47. The minimum atomic E-state index is -1.10. The number of carbonyl (C=O) groups excluding carboxylic acids is 1. The molecular weight excluding hydrogens is 268 g/mol. The van der Waals surface area contributed by atoms with E-state index in [0.29, 0.717) is 11.7 Å². The summed E-state index contributed by atoms with van der Waals surface area (Å²) in [7, 11) is 0. The molecule has 2 fully saturated rings. The van der Waals surface area contributed by atoms with Gasteiger partial charge in [-0.25, -0.2) is 0 Å². The third-order valence-corrected chi connectivity index (χ3v) is 4.38. The van der Waals surface area contributed by atoms with Gasteiger partial charge in [0.15, 0.2) is 0 Å². The fourth-order valence-electron chi connectivity index (χ4n) is 3.50. The number of carbonyl (C=O) groups is 1. The SMILES string of the molecule is CC(=O)O[C@H]1C[C@@H](C)C[C@@H]2O/C(=C\C=C(C)C)[C@](C)(O)[C@H]12. The average Bonchev–Trinajstić information content (AvgIpc) is 2.56. The second-order valence-electron chi connectivity index (χ2n) is 6.83. The molecule has 0 aromatic carbocycles. The molecule has 2 aliphatic rings. The van der Waals surface area contributed by atoms with Gasteiger partial charge in [0, 0.05) is 6.92 Å². The van der Waals surface area contributed by atoms with E-state index in [0.717, 1.165) is 18.4 Å². The van der Waals surface area contributed by atoms with Crippen molar-refractivity contribution in [2.45, 2.75) is 65.3 Å². The minimum Gasteiger partial charge on any atom is -0.491 e. The Labute approximate surface area is 126 Å². The lowest BCUT2D eigenvalue weighted by molar-refractivity contribution is -0.159. The molecule has 1 aliphatic carbocycles. The number of allylic oxidation sites excluding steroid dienone is 3. The summed E-state index contributed by atoms with van der Waals surface area (Å²) in [4.78, 5) is 11.3. The molecule has 118 valence electrons. The summed E-state index contributed by atoms with van der Waals surface area (Å²) in [5.74, 6) is 0.485. The van der Waals surface area contributed by atoms with Crippen molar-refractivity contribution in [1.82, 2.24) is 0 Å². The van der Waals surface area contributed by atoms with Crippen LogP contribution in [-0.4, -0.2) is 28.9 Å². The normalized spacial score (nSPS) is 40.4. The van der Waals surface area contributed by atoms with Crippen LogP contribution in [0.5, 0.6) is 0 Å². The zero-order chi connectivity index (χ0) is 15.8. The molecule has 0 unspecified atom stereocenters. The molecule has 5 atom stereocenters. The molecule has 1 N–H and O–H groups in total. The van der Waals surface area contributed by atoms with Crippen molar-refractivity contribution in [3.05, 3.63) is 23.5 Å².